The average molecular weight is 393 g/mol. The molecule has 0 radical (unpaired) electrons. The van der Waals surface area contributed by atoms with Gasteiger partial charge < -0.3 is 0 Å². The van der Waals surface area contributed by atoms with Gasteiger partial charge in [-0.15, -0.1) is 11.3 Å². The fourth-order valence-electron chi connectivity index (χ4n) is 2.86. The van der Waals surface area contributed by atoms with Crippen LogP contribution in [0, 0.1) is 0 Å². The van der Waals surface area contributed by atoms with Crippen molar-refractivity contribution in [3.8, 4) is 32.7 Å². The van der Waals surface area contributed by atoms with E-state index in [4.69, 9.17) is 0 Å². The molecular weight excluding hydrogens is 375 g/mol. The molecule has 1 heterocycles. The minimum atomic E-state index is 0. The van der Waals surface area contributed by atoms with Crippen molar-refractivity contribution in [1.29, 1.82) is 0 Å². The van der Waals surface area contributed by atoms with E-state index in [9.17, 15) is 0 Å². The van der Waals surface area contributed by atoms with Crippen LogP contribution in [0.1, 0.15) is 0 Å². The van der Waals surface area contributed by atoms with Crippen molar-refractivity contribution in [2.24, 2.45) is 0 Å². The smallest absolute Gasteiger partial charge is 0.0342 e. The molecule has 0 N–H and O–H groups in total. The third-order valence-corrected chi connectivity index (χ3v) is 4.93. The van der Waals surface area contributed by atoms with Gasteiger partial charge in [-0.25, -0.2) is 0 Å². The Morgan fingerprint density at radius 3 is 1.58 bits per heavy atom. The number of rotatable bonds is 3. The maximum absolute atomic E-state index is 2.22. The van der Waals surface area contributed by atoms with Crippen LogP contribution in [-0.2, 0) is 0 Å². The fourth-order valence-corrected chi connectivity index (χ4v) is 3.59. The van der Waals surface area contributed by atoms with Crippen molar-refractivity contribution >= 4 is 28.4 Å². The second kappa shape index (κ2) is 7.63. The fraction of sp³-hybridized carbons (Fsp3) is 0. The molecule has 118 valence electrons. The second-order valence-corrected chi connectivity index (χ2v) is 6.41. The van der Waals surface area contributed by atoms with Crippen LogP contribution >= 0.6 is 11.3 Å². The molecule has 24 heavy (non-hydrogen) atoms. The van der Waals surface area contributed by atoms with E-state index in [0.29, 0.717) is 0 Å². The molecule has 0 nitrogen and oxygen atoms in total. The SMILES string of the molecule is [SeH2].c1ccc(-c2ccccc2-c2ccc(-c3cccs3)cc2)cc1. The van der Waals surface area contributed by atoms with Gasteiger partial charge in [0.05, 0.1) is 0 Å². The van der Waals surface area contributed by atoms with Gasteiger partial charge in [0.25, 0.3) is 0 Å². The Bertz CT molecular complexity index is 894. The molecule has 0 aliphatic rings. The monoisotopic (exact) mass is 394 g/mol. The maximum atomic E-state index is 2.22. The van der Waals surface area contributed by atoms with E-state index in [0.717, 1.165) is 0 Å². The van der Waals surface area contributed by atoms with E-state index < -0.39 is 0 Å². The number of hydrogen-bond acceptors (Lipinski definition) is 1. The van der Waals surface area contributed by atoms with Crippen LogP contribution in [0.2, 0.25) is 0 Å². The van der Waals surface area contributed by atoms with E-state index in [1.165, 1.54) is 32.7 Å². The molecule has 2 heteroatoms. The van der Waals surface area contributed by atoms with Crippen LogP contribution in [-0.4, -0.2) is 17.1 Å². The summed E-state index contributed by atoms with van der Waals surface area (Å²) in [5, 5.41) is 2.12. The molecule has 0 aliphatic carbocycles. The van der Waals surface area contributed by atoms with Crippen molar-refractivity contribution in [2.75, 3.05) is 0 Å². The van der Waals surface area contributed by atoms with E-state index in [1.807, 2.05) is 0 Å². The molecule has 4 aromatic rings. The Morgan fingerprint density at radius 2 is 1.00 bits per heavy atom. The molecule has 0 atom stereocenters. The molecule has 0 amide bonds. The van der Waals surface area contributed by atoms with E-state index in [-0.39, 0.29) is 17.1 Å². The predicted molar refractivity (Wildman–Crippen MR) is 109 cm³/mol. The molecular formula is C22H18SSe. The molecule has 0 spiro atoms. The van der Waals surface area contributed by atoms with Gasteiger partial charge in [-0.2, -0.15) is 0 Å². The van der Waals surface area contributed by atoms with E-state index in [1.54, 1.807) is 11.3 Å². The van der Waals surface area contributed by atoms with Gasteiger partial charge in [0, 0.05) is 4.88 Å². The first-order chi connectivity index (χ1) is 11.4. The summed E-state index contributed by atoms with van der Waals surface area (Å²) in [7, 11) is 0. The first kappa shape index (κ1) is 16.7. The zero-order valence-electron chi connectivity index (χ0n) is 13.1. The first-order valence-electron chi connectivity index (χ1n) is 7.70. The number of hydrogen-bond donors (Lipinski definition) is 0. The van der Waals surface area contributed by atoms with Gasteiger partial charge in [0.2, 0.25) is 0 Å². The quantitative estimate of drug-likeness (QED) is 0.384. The van der Waals surface area contributed by atoms with Gasteiger partial charge in [-0.05, 0) is 39.3 Å². The Kier molecular flexibility index (Phi) is 5.32. The van der Waals surface area contributed by atoms with Crippen molar-refractivity contribution in [2.45, 2.75) is 0 Å². The van der Waals surface area contributed by atoms with Crippen LogP contribution in [0.15, 0.2) is 96.4 Å². The Hall–Kier alpha value is -2.12. The van der Waals surface area contributed by atoms with Crippen molar-refractivity contribution in [3.63, 3.8) is 0 Å². The van der Waals surface area contributed by atoms with Gasteiger partial charge >= 0.3 is 17.1 Å². The number of thiophene rings is 1. The summed E-state index contributed by atoms with van der Waals surface area (Å²) in [6.45, 7) is 0. The van der Waals surface area contributed by atoms with Crippen LogP contribution in [0.4, 0.5) is 0 Å². The van der Waals surface area contributed by atoms with Crippen LogP contribution < -0.4 is 0 Å². The van der Waals surface area contributed by atoms with Gasteiger partial charge in [0.1, 0.15) is 0 Å². The summed E-state index contributed by atoms with van der Waals surface area (Å²) in [6.07, 6.45) is 0. The molecule has 3 aromatic carbocycles. The Balaban J connectivity index is 0.00000169. The van der Waals surface area contributed by atoms with Crippen molar-refractivity contribution in [3.05, 3.63) is 96.4 Å². The summed E-state index contributed by atoms with van der Waals surface area (Å²) in [5.41, 5.74) is 6.34. The Labute approximate surface area is 157 Å². The van der Waals surface area contributed by atoms with Crippen molar-refractivity contribution in [1.82, 2.24) is 0 Å². The molecule has 0 saturated carbocycles. The minimum absolute atomic E-state index is 0. The molecule has 0 fully saturated rings. The standard InChI is InChI=1S/C22H16S.H2Se/c1-2-7-17(8-3-1)20-9-4-5-10-21(20)18-12-14-19(15-13-18)22-11-6-16-23-22;/h1-16H;1H2. The predicted octanol–water partition coefficient (Wildman–Crippen LogP) is 5.83. The third kappa shape index (κ3) is 3.37. The molecule has 0 saturated heterocycles. The van der Waals surface area contributed by atoms with Gasteiger partial charge in [0.15, 0.2) is 0 Å². The third-order valence-electron chi connectivity index (χ3n) is 4.01. The Morgan fingerprint density at radius 1 is 0.458 bits per heavy atom. The summed E-state index contributed by atoms with van der Waals surface area (Å²) in [4.78, 5) is 1.31. The van der Waals surface area contributed by atoms with E-state index >= 15 is 0 Å². The topological polar surface area (TPSA) is 0 Å². The zero-order chi connectivity index (χ0) is 15.5. The van der Waals surface area contributed by atoms with Crippen molar-refractivity contribution < 1.29 is 0 Å². The summed E-state index contributed by atoms with van der Waals surface area (Å²) in [6, 6.07) is 32.3. The zero-order valence-corrected chi connectivity index (χ0v) is 16.1. The molecule has 1 aromatic heterocycles. The van der Waals surface area contributed by atoms with Gasteiger partial charge in [-0.3, -0.25) is 0 Å². The maximum Gasteiger partial charge on any atom is 0.0342 e. The van der Waals surface area contributed by atoms with E-state index in [2.05, 4.69) is 96.4 Å². The number of benzene rings is 3. The molecule has 0 unspecified atom stereocenters. The summed E-state index contributed by atoms with van der Waals surface area (Å²) >= 11 is 1.78. The van der Waals surface area contributed by atoms with Crippen LogP contribution in [0.5, 0.6) is 0 Å². The largest absolute Gasteiger partial charge is 0.144 e. The molecule has 4 rings (SSSR count). The molecule has 0 bridgehead atoms. The van der Waals surface area contributed by atoms with Gasteiger partial charge in [-0.1, -0.05) is 84.9 Å². The summed E-state index contributed by atoms with van der Waals surface area (Å²) in [5.74, 6) is 0. The first-order valence-corrected chi connectivity index (χ1v) is 8.58. The normalized spacial score (nSPS) is 10.2. The second-order valence-electron chi connectivity index (χ2n) is 5.47. The van der Waals surface area contributed by atoms with Crippen LogP contribution in [0.25, 0.3) is 32.7 Å². The van der Waals surface area contributed by atoms with Crippen LogP contribution in [0.3, 0.4) is 0 Å². The molecule has 0 aliphatic heterocycles. The average Bonchev–Trinajstić information content (AvgIpc) is 3.17. The minimum Gasteiger partial charge on any atom is -0.144 e. The summed E-state index contributed by atoms with van der Waals surface area (Å²) < 4.78 is 0.